The quantitative estimate of drug-likeness (QED) is 0.702. The molecule has 2 aromatic rings. The van der Waals surface area contributed by atoms with Crippen molar-refractivity contribution in [2.75, 3.05) is 19.6 Å². The van der Waals surface area contributed by atoms with Crippen molar-refractivity contribution in [1.82, 2.24) is 10.2 Å². The molecule has 2 aromatic carbocycles. The molecule has 0 aliphatic carbocycles. The number of benzene rings is 2. The minimum atomic E-state index is -1.31. The highest BCUT2D eigenvalue weighted by atomic mass is 19.1. The second-order valence-corrected chi connectivity index (χ2v) is 6.77. The Balaban J connectivity index is 2.06. The van der Waals surface area contributed by atoms with Crippen molar-refractivity contribution < 1.29 is 13.6 Å². The number of amides is 1. The summed E-state index contributed by atoms with van der Waals surface area (Å²) < 4.78 is 27.0. The van der Waals surface area contributed by atoms with Crippen LogP contribution in [0, 0.1) is 11.6 Å². The van der Waals surface area contributed by atoms with E-state index in [0.717, 1.165) is 19.5 Å². The second-order valence-electron chi connectivity index (χ2n) is 6.77. The fraction of sp³-hybridized carbons (Fsp3) is 0.364. The van der Waals surface area contributed by atoms with E-state index in [1.54, 1.807) is 29.2 Å². The zero-order chi connectivity index (χ0) is 20.1. The molecule has 0 aromatic heterocycles. The number of halogens is 2. The van der Waals surface area contributed by atoms with E-state index in [0.29, 0.717) is 29.9 Å². The third-order valence-electron chi connectivity index (χ3n) is 4.99. The van der Waals surface area contributed by atoms with Crippen LogP contribution in [-0.4, -0.2) is 36.3 Å². The van der Waals surface area contributed by atoms with Crippen LogP contribution < -0.4 is 5.32 Å². The minimum Gasteiger partial charge on any atom is -0.317 e. The van der Waals surface area contributed by atoms with Crippen LogP contribution in [0.3, 0.4) is 0 Å². The SMILES string of the molecule is CCNCCCN1C(=O)C(c2ccc(F)cc2)(c2ccc(F)cc2)N=C1CC. The smallest absolute Gasteiger partial charge is 0.265 e. The highest BCUT2D eigenvalue weighted by molar-refractivity contribution is 6.10. The first-order valence-electron chi connectivity index (χ1n) is 9.66. The maximum Gasteiger partial charge on any atom is 0.265 e. The molecule has 148 valence electrons. The number of nitrogens with one attached hydrogen (secondary N) is 1. The van der Waals surface area contributed by atoms with Crippen LogP contribution >= 0.6 is 0 Å². The molecule has 1 heterocycles. The molecule has 0 fully saturated rings. The van der Waals surface area contributed by atoms with Gasteiger partial charge in [-0.2, -0.15) is 0 Å². The van der Waals surface area contributed by atoms with Gasteiger partial charge in [-0.3, -0.25) is 9.69 Å². The normalized spacial score (nSPS) is 15.8. The molecule has 1 aliphatic heterocycles. The van der Waals surface area contributed by atoms with Crippen LogP contribution in [0.4, 0.5) is 8.78 Å². The molecule has 0 unspecified atom stereocenters. The monoisotopic (exact) mass is 385 g/mol. The molecular weight excluding hydrogens is 360 g/mol. The predicted molar refractivity (Wildman–Crippen MR) is 106 cm³/mol. The number of hydrogen-bond acceptors (Lipinski definition) is 3. The Morgan fingerprint density at radius 2 is 1.50 bits per heavy atom. The van der Waals surface area contributed by atoms with Crippen molar-refractivity contribution in [2.45, 2.75) is 32.2 Å². The van der Waals surface area contributed by atoms with E-state index in [1.165, 1.54) is 24.3 Å². The van der Waals surface area contributed by atoms with Crippen molar-refractivity contribution in [3.05, 3.63) is 71.3 Å². The first kappa shape index (κ1) is 20.1. The van der Waals surface area contributed by atoms with Crippen LogP contribution in [0.15, 0.2) is 53.5 Å². The van der Waals surface area contributed by atoms with Gasteiger partial charge in [0.05, 0.1) is 0 Å². The fourth-order valence-electron chi connectivity index (χ4n) is 3.58. The van der Waals surface area contributed by atoms with Crippen molar-refractivity contribution in [2.24, 2.45) is 4.99 Å². The summed E-state index contributed by atoms with van der Waals surface area (Å²) in [6.45, 7) is 6.21. The Hall–Kier alpha value is -2.60. The Morgan fingerprint density at radius 3 is 1.96 bits per heavy atom. The summed E-state index contributed by atoms with van der Waals surface area (Å²) >= 11 is 0. The van der Waals surface area contributed by atoms with Crippen LogP contribution in [0.25, 0.3) is 0 Å². The Bertz CT molecular complexity index is 802. The zero-order valence-corrected chi connectivity index (χ0v) is 16.2. The van der Waals surface area contributed by atoms with Gasteiger partial charge in [0.25, 0.3) is 5.91 Å². The molecule has 0 saturated heterocycles. The van der Waals surface area contributed by atoms with Gasteiger partial charge in [0.1, 0.15) is 17.5 Å². The molecule has 28 heavy (non-hydrogen) atoms. The zero-order valence-electron chi connectivity index (χ0n) is 16.2. The third kappa shape index (κ3) is 3.69. The van der Waals surface area contributed by atoms with E-state index in [4.69, 9.17) is 4.99 Å². The summed E-state index contributed by atoms with van der Waals surface area (Å²) in [6.07, 6.45) is 1.39. The molecule has 1 aliphatic rings. The van der Waals surface area contributed by atoms with Gasteiger partial charge in [0.2, 0.25) is 0 Å². The highest BCUT2D eigenvalue weighted by Gasteiger charge is 2.50. The summed E-state index contributed by atoms with van der Waals surface area (Å²) in [7, 11) is 0. The van der Waals surface area contributed by atoms with Gasteiger partial charge in [0, 0.05) is 13.0 Å². The van der Waals surface area contributed by atoms with Crippen LogP contribution in [0.2, 0.25) is 0 Å². The van der Waals surface area contributed by atoms with Gasteiger partial charge in [0.15, 0.2) is 5.54 Å². The predicted octanol–water partition coefficient (Wildman–Crippen LogP) is 3.86. The van der Waals surface area contributed by atoms with Crippen molar-refractivity contribution in [1.29, 1.82) is 0 Å². The molecule has 0 saturated carbocycles. The molecule has 4 nitrogen and oxygen atoms in total. The van der Waals surface area contributed by atoms with Gasteiger partial charge in [-0.15, -0.1) is 0 Å². The number of nitrogens with zero attached hydrogens (tertiary/aromatic N) is 2. The summed E-state index contributed by atoms with van der Waals surface area (Å²) in [6, 6.07) is 11.6. The topological polar surface area (TPSA) is 44.7 Å². The maximum absolute atomic E-state index is 13.6. The summed E-state index contributed by atoms with van der Waals surface area (Å²) in [5.74, 6) is -0.259. The number of carbonyl (C=O) groups is 1. The van der Waals surface area contributed by atoms with Crippen molar-refractivity contribution in [3.63, 3.8) is 0 Å². The lowest BCUT2D eigenvalue weighted by Gasteiger charge is -2.27. The van der Waals surface area contributed by atoms with Gasteiger partial charge >= 0.3 is 0 Å². The Kier molecular flexibility index (Phi) is 6.19. The largest absolute Gasteiger partial charge is 0.317 e. The molecule has 1 N–H and O–H groups in total. The van der Waals surface area contributed by atoms with Crippen molar-refractivity contribution in [3.8, 4) is 0 Å². The van der Waals surface area contributed by atoms with Crippen LogP contribution in [-0.2, 0) is 10.3 Å². The van der Waals surface area contributed by atoms with Crippen molar-refractivity contribution >= 4 is 11.7 Å². The minimum absolute atomic E-state index is 0.181. The number of carbonyl (C=O) groups excluding carboxylic acids is 1. The average molecular weight is 385 g/mol. The fourth-order valence-corrected chi connectivity index (χ4v) is 3.58. The van der Waals surface area contributed by atoms with E-state index in [1.807, 2.05) is 13.8 Å². The number of hydrogen-bond donors (Lipinski definition) is 1. The van der Waals surface area contributed by atoms with Crippen LogP contribution in [0.5, 0.6) is 0 Å². The van der Waals surface area contributed by atoms with Gasteiger partial charge in [-0.05, 0) is 54.9 Å². The standard InChI is InChI=1S/C22H25F2N3O/c1-3-20-26-22(16-6-10-18(23)11-7-16,17-8-12-19(24)13-9-17)21(28)27(20)15-5-14-25-4-2/h6-13,25H,3-5,14-15H2,1-2H3. The average Bonchev–Trinajstić information content (AvgIpc) is 2.99. The third-order valence-corrected chi connectivity index (χ3v) is 4.99. The molecule has 6 heteroatoms. The van der Waals surface area contributed by atoms with Crippen LogP contribution in [0.1, 0.15) is 37.8 Å². The lowest BCUT2D eigenvalue weighted by atomic mass is 9.82. The van der Waals surface area contributed by atoms with Gasteiger partial charge < -0.3 is 5.32 Å². The summed E-state index contributed by atoms with van der Waals surface area (Å²) in [4.78, 5) is 20.2. The molecule has 0 radical (unpaired) electrons. The lowest BCUT2D eigenvalue weighted by Crippen LogP contribution is -2.42. The van der Waals surface area contributed by atoms with Gasteiger partial charge in [-0.1, -0.05) is 38.1 Å². The summed E-state index contributed by atoms with van der Waals surface area (Å²) in [5.41, 5.74) is -0.165. The van der Waals surface area contributed by atoms with E-state index < -0.39 is 5.54 Å². The molecule has 3 rings (SSSR count). The summed E-state index contributed by atoms with van der Waals surface area (Å²) in [5, 5.41) is 3.26. The first-order chi connectivity index (χ1) is 13.5. The number of rotatable bonds is 8. The number of amidine groups is 1. The molecular formula is C22H25F2N3O. The molecule has 0 bridgehead atoms. The van der Waals surface area contributed by atoms with E-state index in [9.17, 15) is 13.6 Å². The maximum atomic E-state index is 13.6. The molecule has 1 amide bonds. The van der Waals surface area contributed by atoms with E-state index >= 15 is 0 Å². The van der Waals surface area contributed by atoms with E-state index in [-0.39, 0.29) is 17.5 Å². The first-order valence-corrected chi connectivity index (χ1v) is 9.66. The number of aliphatic imine (C=N–C) groups is 1. The molecule has 0 atom stereocenters. The second kappa shape index (κ2) is 8.61. The Labute approximate surface area is 164 Å². The van der Waals surface area contributed by atoms with Gasteiger partial charge in [-0.25, -0.2) is 13.8 Å². The Morgan fingerprint density at radius 1 is 0.964 bits per heavy atom. The molecule has 0 spiro atoms. The highest BCUT2D eigenvalue weighted by Crippen LogP contribution is 2.40. The van der Waals surface area contributed by atoms with E-state index in [2.05, 4.69) is 5.32 Å². The lowest BCUT2D eigenvalue weighted by molar-refractivity contribution is -0.130.